The van der Waals surface area contributed by atoms with Gasteiger partial charge in [0.2, 0.25) is 11.9 Å². The zero-order valence-electron chi connectivity index (χ0n) is 22.1. The number of amides is 2. The van der Waals surface area contributed by atoms with E-state index in [1.165, 1.54) is 30.5 Å². The molecule has 43 heavy (non-hydrogen) atoms. The summed E-state index contributed by atoms with van der Waals surface area (Å²) in [6, 6.07) is 2.20. The van der Waals surface area contributed by atoms with E-state index < -0.39 is 73.0 Å². The van der Waals surface area contributed by atoms with Gasteiger partial charge in [0, 0.05) is 18.4 Å². The van der Waals surface area contributed by atoms with Gasteiger partial charge in [0.25, 0.3) is 11.5 Å². The number of nitrogens with two attached hydrogens (primary N) is 1. The normalized spacial score (nSPS) is 12.1. The first kappa shape index (κ1) is 31.5. The number of hydrogen-bond acceptors (Lipinski definition) is 12. The van der Waals surface area contributed by atoms with E-state index >= 15 is 0 Å². The smallest absolute Gasteiger partial charge is 0.326 e. The molecular formula is C24H25N9O10. The molecule has 0 saturated carbocycles. The number of H-pyrrole nitrogens is 1. The number of fused-ring (bicyclic) bond motifs is 1. The van der Waals surface area contributed by atoms with Crippen LogP contribution in [0, 0.1) is 4.91 Å². The Balaban J connectivity index is 1.73. The van der Waals surface area contributed by atoms with Gasteiger partial charge >= 0.3 is 17.9 Å². The molecule has 0 radical (unpaired) electrons. The average molecular weight is 600 g/mol. The van der Waals surface area contributed by atoms with E-state index in [4.69, 9.17) is 15.9 Å². The van der Waals surface area contributed by atoms with Crippen molar-refractivity contribution < 1.29 is 39.3 Å². The van der Waals surface area contributed by atoms with Crippen molar-refractivity contribution in [3.05, 3.63) is 57.0 Å². The van der Waals surface area contributed by atoms with Gasteiger partial charge in [0.15, 0.2) is 11.2 Å². The molecule has 226 valence electrons. The number of hydrogen-bond donors (Lipinski definition) is 7. The van der Waals surface area contributed by atoms with Gasteiger partial charge < -0.3 is 31.7 Å². The number of carboxylic acids is 3. The second-order valence-corrected chi connectivity index (χ2v) is 8.96. The van der Waals surface area contributed by atoms with Crippen molar-refractivity contribution in [3.63, 3.8) is 0 Å². The number of nitroso groups, excluding NO2 is 1. The van der Waals surface area contributed by atoms with E-state index in [1.54, 1.807) is 0 Å². The Morgan fingerprint density at radius 3 is 2.16 bits per heavy atom. The summed E-state index contributed by atoms with van der Waals surface area (Å²) in [5, 5.41) is 35.5. The number of carboxylic acid groups (broad SMARTS) is 3. The highest BCUT2D eigenvalue weighted by Gasteiger charge is 2.28. The summed E-state index contributed by atoms with van der Waals surface area (Å²) >= 11 is 0. The first-order chi connectivity index (χ1) is 20.4. The molecule has 2 amide bonds. The summed E-state index contributed by atoms with van der Waals surface area (Å²) in [7, 11) is 0. The molecule has 0 unspecified atom stereocenters. The number of rotatable bonds is 15. The molecule has 0 aliphatic heterocycles. The Bertz CT molecular complexity index is 1610. The summed E-state index contributed by atoms with van der Waals surface area (Å²) in [5.74, 6) is -6.07. The predicted octanol–water partition coefficient (Wildman–Crippen LogP) is -0.619. The molecule has 0 fully saturated rings. The molecule has 3 aromatic rings. The molecule has 1 aromatic carbocycles. The number of anilines is 2. The monoisotopic (exact) mass is 599 g/mol. The fourth-order valence-corrected chi connectivity index (χ4v) is 3.73. The number of aliphatic carboxylic acids is 3. The summed E-state index contributed by atoms with van der Waals surface area (Å²) in [6.07, 6.45) is -0.660. The van der Waals surface area contributed by atoms with Crippen molar-refractivity contribution in [3.8, 4) is 0 Å². The van der Waals surface area contributed by atoms with Crippen LogP contribution in [-0.2, 0) is 25.7 Å². The van der Waals surface area contributed by atoms with Crippen molar-refractivity contribution in [1.82, 2.24) is 30.6 Å². The Morgan fingerprint density at radius 1 is 0.953 bits per heavy atom. The highest BCUT2D eigenvalue weighted by molar-refractivity contribution is 5.98. The van der Waals surface area contributed by atoms with Crippen molar-refractivity contribution in [2.24, 2.45) is 5.29 Å². The highest BCUT2D eigenvalue weighted by atomic mass is 16.4. The number of nitrogen functional groups attached to an aromatic ring is 1. The van der Waals surface area contributed by atoms with Crippen LogP contribution in [0.25, 0.3) is 11.2 Å². The molecule has 0 aliphatic rings. The maximum absolute atomic E-state index is 12.9. The fraction of sp³-hybridized carbons (Fsp3) is 0.292. The van der Waals surface area contributed by atoms with Crippen LogP contribution in [0.4, 0.5) is 11.6 Å². The standard InChI is InChI=1S/C24H25N9O10/c25-24-30-19-18(22(40)31-24)27-12(9-26-19)10-33(32-43)13-3-1-11(2-4-13)20(38)28-14(5-7-16(34)35)21(39)29-15(23(41)42)6-8-17(36)37/h1-4,9,14-15H,5-8,10H2,(H,28,38)(H,29,39)(H,34,35)(H,36,37)(H,41,42)(H3,25,26,30,31,40)/t14-,15-/m0/s1. The molecule has 19 heteroatoms. The van der Waals surface area contributed by atoms with Gasteiger partial charge in [0.05, 0.1) is 29.4 Å². The van der Waals surface area contributed by atoms with E-state index in [1.807, 2.05) is 0 Å². The largest absolute Gasteiger partial charge is 0.481 e. The first-order valence-corrected chi connectivity index (χ1v) is 12.4. The zero-order chi connectivity index (χ0) is 31.7. The highest BCUT2D eigenvalue weighted by Crippen LogP contribution is 2.19. The second-order valence-electron chi connectivity index (χ2n) is 8.96. The van der Waals surface area contributed by atoms with Gasteiger partial charge in [-0.3, -0.25) is 29.0 Å². The molecule has 0 spiro atoms. The molecule has 2 heterocycles. The minimum absolute atomic E-state index is 0.0000553. The summed E-state index contributed by atoms with van der Waals surface area (Å²) in [4.78, 5) is 96.8. The number of aromatic amines is 1. The molecular weight excluding hydrogens is 574 g/mol. The molecule has 2 aromatic heterocycles. The van der Waals surface area contributed by atoms with Gasteiger partial charge in [-0.1, -0.05) is 0 Å². The lowest BCUT2D eigenvalue weighted by Crippen LogP contribution is -2.51. The van der Waals surface area contributed by atoms with Gasteiger partial charge in [-0.25, -0.2) is 19.8 Å². The van der Waals surface area contributed by atoms with Crippen molar-refractivity contribution >= 4 is 52.5 Å². The molecule has 3 rings (SSSR count). The number of aromatic nitrogens is 4. The second kappa shape index (κ2) is 14.1. The minimum Gasteiger partial charge on any atom is -0.481 e. The summed E-state index contributed by atoms with van der Waals surface area (Å²) in [5.41, 5.74) is 5.12. The van der Waals surface area contributed by atoms with E-state index in [-0.39, 0.29) is 40.6 Å². The summed E-state index contributed by atoms with van der Waals surface area (Å²) in [6.45, 7) is -0.216. The summed E-state index contributed by atoms with van der Waals surface area (Å²) < 4.78 is 0. The van der Waals surface area contributed by atoms with Crippen molar-refractivity contribution in [1.29, 1.82) is 0 Å². The van der Waals surface area contributed by atoms with Gasteiger partial charge in [0.1, 0.15) is 12.1 Å². The Kier molecular flexibility index (Phi) is 10.3. The molecule has 0 saturated heterocycles. The lowest BCUT2D eigenvalue weighted by molar-refractivity contribution is -0.143. The third kappa shape index (κ3) is 8.74. The van der Waals surface area contributed by atoms with Crippen molar-refractivity contribution in [2.45, 2.75) is 44.3 Å². The number of benzene rings is 1. The van der Waals surface area contributed by atoms with Crippen LogP contribution in [-0.4, -0.2) is 77.1 Å². The van der Waals surface area contributed by atoms with Crippen LogP contribution in [0.15, 0.2) is 40.5 Å². The first-order valence-electron chi connectivity index (χ1n) is 12.4. The van der Waals surface area contributed by atoms with Gasteiger partial charge in [-0.05, 0) is 37.1 Å². The molecule has 0 bridgehead atoms. The van der Waals surface area contributed by atoms with Crippen LogP contribution in [0.2, 0.25) is 0 Å². The number of carbonyl (C=O) groups excluding carboxylic acids is 2. The van der Waals surface area contributed by atoms with Crippen molar-refractivity contribution in [2.75, 3.05) is 10.7 Å². The van der Waals surface area contributed by atoms with E-state index in [0.29, 0.717) is 0 Å². The van der Waals surface area contributed by atoms with E-state index in [9.17, 15) is 38.8 Å². The van der Waals surface area contributed by atoms with Crippen LogP contribution in [0.1, 0.15) is 41.7 Å². The maximum Gasteiger partial charge on any atom is 0.326 e. The third-order valence-electron chi connectivity index (χ3n) is 5.85. The Morgan fingerprint density at radius 2 is 1.58 bits per heavy atom. The van der Waals surface area contributed by atoms with Crippen LogP contribution in [0.5, 0.6) is 0 Å². The number of carbonyl (C=O) groups is 5. The lowest BCUT2D eigenvalue weighted by atomic mass is 10.1. The lowest BCUT2D eigenvalue weighted by Gasteiger charge is -2.21. The minimum atomic E-state index is -1.59. The van der Waals surface area contributed by atoms with Crippen LogP contribution in [0.3, 0.4) is 0 Å². The number of nitrogens with one attached hydrogen (secondary N) is 3. The van der Waals surface area contributed by atoms with Gasteiger partial charge in [-0.2, -0.15) is 4.98 Å². The Labute approximate surface area is 240 Å². The Hall–Kier alpha value is -6.01. The molecule has 19 nitrogen and oxygen atoms in total. The topological polar surface area (TPSA) is 300 Å². The molecule has 2 atom stereocenters. The third-order valence-corrected chi connectivity index (χ3v) is 5.85. The SMILES string of the molecule is Nc1nc2ncc(CN(N=O)c3ccc(C(=O)N[C@@H](CCC(=O)O)C(=O)N[C@@H](CCC(=O)O)C(=O)O)cc3)nc2c(=O)[nH]1. The van der Waals surface area contributed by atoms with Crippen LogP contribution < -0.4 is 26.9 Å². The predicted molar refractivity (Wildman–Crippen MR) is 145 cm³/mol. The number of nitrogens with zero attached hydrogens (tertiary/aromatic N) is 5. The maximum atomic E-state index is 12.9. The fourth-order valence-electron chi connectivity index (χ4n) is 3.73. The van der Waals surface area contributed by atoms with E-state index in [2.05, 4.69) is 35.9 Å². The quantitative estimate of drug-likeness (QED) is 0.0845. The van der Waals surface area contributed by atoms with E-state index in [0.717, 1.165) is 5.01 Å². The zero-order valence-corrected chi connectivity index (χ0v) is 22.1. The molecule has 8 N–H and O–H groups in total. The molecule has 0 aliphatic carbocycles. The van der Waals surface area contributed by atoms with Gasteiger partial charge in [-0.15, -0.1) is 4.91 Å². The van der Waals surface area contributed by atoms with Crippen LogP contribution >= 0.6 is 0 Å². The average Bonchev–Trinajstić information content (AvgIpc) is 2.95.